The van der Waals surface area contributed by atoms with E-state index in [9.17, 15) is 10.1 Å². The summed E-state index contributed by atoms with van der Waals surface area (Å²) in [5, 5.41) is 17.9. The first-order valence-electron chi connectivity index (χ1n) is 4.85. The van der Waals surface area contributed by atoms with Gasteiger partial charge in [0.15, 0.2) is 0 Å². The highest BCUT2D eigenvalue weighted by molar-refractivity contribution is 5.59. The summed E-state index contributed by atoms with van der Waals surface area (Å²) in [7, 11) is 1.70. The van der Waals surface area contributed by atoms with Gasteiger partial charge in [0.05, 0.1) is 4.92 Å². The summed E-state index contributed by atoms with van der Waals surface area (Å²) in [4.78, 5) is 10.4. The van der Waals surface area contributed by atoms with E-state index in [2.05, 4.69) is 10.4 Å². The van der Waals surface area contributed by atoms with E-state index >= 15 is 0 Å². The average Bonchev–Trinajstić information content (AvgIpc) is 2.37. The lowest BCUT2D eigenvalue weighted by atomic mass is 10.2. The number of nitrogens with zero attached hydrogens (tertiary/aromatic N) is 3. The van der Waals surface area contributed by atoms with Gasteiger partial charge in [-0.3, -0.25) is 10.1 Å². The summed E-state index contributed by atoms with van der Waals surface area (Å²) in [6, 6.07) is 0. The molecule has 0 fully saturated rings. The first-order valence-corrected chi connectivity index (χ1v) is 4.85. The Morgan fingerprint density at radius 2 is 2.20 bits per heavy atom. The fourth-order valence-electron chi connectivity index (χ4n) is 1.36. The Bertz CT molecular complexity index is 370. The minimum Gasteiger partial charge on any atom is -0.364 e. The number of hydrogen-bond acceptors (Lipinski definition) is 4. The lowest BCUT2D eigenvalue weighted by molar-refractivity contribution is -0.384. The first kappa shape index (κ1) is 11.5. The Balaban J connectivity index is 2.99. The minimum atomic E-state index is -0.398. The number of hydrogen-bond donors (Lipinski definition) is 1. The molecule has 0 saturated heterocycles. The molecule has 0 aliphatic rings. The van der Waals surface area contributed by atoms with Gasteiger partial charge in [0.25, 0.3) is 0 Å². The molecule has 6 heteroatoms. The van der Waals surface area contributed by atoms with E-state index in [0.717, 1.165) is 0 Å². The summed E-state index contributed by atoms with van der Waals surface area (Å²) in [5.74, 6) is 0.908. The molecular weight excluding hydrogens is 196 g/mol. The fraction of sp³-hybridized carbons (Fsp3) is 0.667. The monoisotopic (exact) mass is 212 g/mol. The molecule has 6 nitrogen and oxygen atoms in total. The zero-order chi connectivity index (χ0) is 11.6. The van der Waals surface area contributed by atoms with E-state index in [1.165, 1.54) is 4.68 Å². The Labute approximate surface area is 88.4 Å². The molecule has 0 aromatic carbocycles. The van der Waals surface area contributed by atoms with Gasteiger partial charge in [-0.15, -0.1) is 0 Å². The molecular formula is C9H16N4O2. The van der Waals surface area contributed by atoms with Crippen LogP contribution in [-0.2, 0) is 7.05 Å². The molecule has 0 aliphatic carbocycles. The summed E-state index contributed by atoms with van der Waals surface area (Å²) in [6.07, 6.45) is 0. The van der Waals surface area contributed by atoms with Crippen molar-refractivity contribution in [3.05, 3.63) is 15.8 Å². The van der Waals surface area contributed by atoms with E-state index in [1.54, 1.807) is 14.0 Å². The summed E-state index contributed by atoms with van der Waals surface area (Å²) < 4.78 is 1.51. The van der Waals surface area contributed by atoms with Crippen LogP contribution in [0.1, 0.15) is 19.5 Å². The van der Waals surface area contributed by atoms with Crippen LogP contribution in [0.15, 0.2) is 0 Å². The predicted octanol–water partition coefficient (Wildman–Crippen LogP) is 1.70. The molecule has 1 aromatic rings. The van der Waals surface area contributed by atoms with Gasteiger partial charge in [0.2, 0.25) is 5.82 Å². The van der Waals surface area contributed by atoms with Gasteiger partial charge in [0.1, 0.15) is 5.69 Å². The van der Waals surface area contributed by atoms with Gasteiger partial charge in [-0.1, -0.05) is 13.8 Å². The summed E-state index contributed by atoms with van der Waals surface area (Å²) >= 11 is 0. The second kappa shape index (κ2) is 4.29. The Morgan fingerprint density at radius 3 is 2.67 bits per heavy atom. The Morgan fingerprint density at radius 1 is 1.60 bits per heavy atom. The molecule has 0 radical (unpaired) electrons. The van der Waals surface area contributed by atoms with E-state index in [1.807, 2.05) is 13.8 Å². The average molecular weight is 212 g/mol. The quantitative estimate of drug-likeness (QED) is 0.609. The second-order valence-corrected chi connectivity index (χ2v) is 3.94. The zero-order valence-electron chi connectivity index (χ0n) is 9.44. The Kier molecular flexibility index (Phi) is 3.28. The lowest BCUT2D eigenvalue weighted by Gasteiger charge is -2.07. The van der Waals surface area contributed by atoms with Gasteiger partial charge in [-0.25, -0.2) is 4.68 Å². The zero-order valence-corrected chi connectivity index (χ0v) is 9.44. The van der Waals surface area contributed by atoms with Crippen LogP contribution >= 0.6 is 0 Å². The molecule has 1 rings (SSSR count). The summed E-state index contributed by atoms with van der Waals surface area (Å²) in [6.45, 7) is 6.42. The standard InChI is InChI=1S/C9H16N4O2/c1-6(2)5-10-9-8(13(14)15)7(3)11-12(9)4/h6,10H,5H2,1-4H3. The van der Waals surface area contributed by atoms with Crippen molar-refractivity contribution in [3.8, 4) is 0 Å². The topological polar surface area (TPSA) is 73.0 Å². The lowest BCUT2D eigenvalue weighted by Crippen LogP contribution is -2.12. The highest BCUT2D eigenvalue weighted by Gasteiger charge is 2.23. The molecule has 0 atom stereocenters. The van der Waals surface area contributed by atoms with Gasteiger partial charge in [-0.2, -0.15) is 5.10 Å². The molecule has 15 heavy (non-hydrogen) atoms. The van der Waals surface area contributed by atoms with Crippen LogP contribution in [0, 0.1) is 23.0 Å². The number of aromatic nitrogens is 2. The van der Waals surface area contributed by atoms with Crippen molar-refractivity contribution in [1.82, 2.24) is 9.78 Å². The number of nitro groups is 1. The number of rotatable bonds is 4. The minimum absolute atomic E-state index is 0.0677. The second-order valence-electron chi connectivity index (χ2n) is 3.94. The maximum atomic E-state index is 10.8. The van der Waals surface area contributed by atoms with E-state index in [-0.39, 0.29) is 5.69 Å². The van der Waals surface area contributed by atoms with Crippen molar-refractivity contribution in [2.75, 3.05) is 11.9 Å². The molecule has 84 valence electrons. The highest BCUT2D eigenvalue weighted by Crippen LogP contribution is 2.27. The van der Waals surface area contributed by atoms with E-state index in [4.69, 9.17) is 0 Å². The van der Waals surface area contributed by atoms with Crippen LogP contribution in [0.3, 0.4) is 0 Å². The van der Waals surface area contributed by atoms with Crippen molar-refractivity contribution < 1.29 is 4.92 Å². The first-order chi connectivity index (χ1) is 6.93. The SMILES string of the molecule is Cc1nn(C)c(NCC(C)C)c1[N+](=O)[O-]. The maximum Gasteiger partial charge on any atom is 0.333 e. The number of anilines is 1. The predicted molar refractivity (Wildman–Crippen MR) is 57.9 cm³/mol. The molecule has 1 N–H and O–H groups in total. The van der Waals surface area contributed by atoms with Crippen LogP contribution in [0.2, 0.25) is 0 Å². The van der Waals surface area contributed by atoms with Crippen LogP contribution < -0.4 is 5.32 Å². The summed E-state index contributed by atoms with van der Waals surface area (Å²) in [5.41, 5.74) is 0.506. The van der Waals surface area contributed by atoms with Crippen molar-refractivity contribution in [1.29, 1.82) is 0 Å². The molecule has 0 aliphatic heterocycles. The van der Waals surface area contributed by atoms with Crippen molar-refractivity contribution >= 4 is 11.5 Å². The molecule has 0 saturated carbocycles. The number of nitrogens with one attached hydrogen (secondary N) is 1. The molecule has 0 spiro atoms. The highest BCUT2D eigenvalue weighted by atomic mass is 16.6. The van der Waals surface area contributed by atoms with Crippen LogP contribution in [-0.4, -0.2) is 21.2 Å². The third-order valence-electron chi connectivity index (χ3n) is 2.05. The van der Waals surface area contributed by atoms with Crippen molar-refractivity contribution in [3.63, 3.8) is 0 Å². The number of aryl methyl sites for hydroxylation is 2. The van der Waals surface area contributed by atoms with Gasteiger partial charge in [0, 0.05) is 13.6 Å². The molecule has 0 bridgehead atoms. The fourth-order valence-corrected chi connectivity index (χ4v) is 1.36. The third-order valence-corrected chi connectivity index (χ3v) is 2.05. The van der Waals surface area contributed by atoms with Gasteiger partial charge in [-0.05, 0) is 12.8 Å². The molecule has 1 heterocycles. The normalized spacial score (nSPS) is 10.7. The largest absolute Gasteiger partial charge is 0.364 e. The van der Waals surface area contributed by atoms with Crippen LogP contribution in [0.25, 0.3) is 0 Å². The van der Waals surface area contributed by atoms with Crippen molar-refractivity contribution in [2.45, 2.75) is 20.8 Å². The Hall–Kier alpha value is -1.59. The van der Waals surface area contributed by atoms with Gasteiger partial charge >= 0.3 is 5.69 Å². The van der Waals surface area contributed by atoms with E-state index < -0.39 is 4.92 Å². The van der Waals surface area contributed by atoms with Crippen LogP contribution in [0.4, 0.5) is 11.5 Å². The molecule has 0 unspecified atom stereocenters. The van der Waals surface area contributed by atoms with Gasteiger partial charge < -0.3 is 5.32 Å². The molecule has 1 aromatic heterocycles. The van der Waals surface area contributed by atoms with Crippen molar-refractivity contribution in [2.24, 2.45) is 13.0 Å². The van der Waals surface area contributed by atoms with E-state index in [0.29, 0.717) is 24.0 Å². The smallest absolute Gasteiger partial charge is 0.333 e. The third kappa shape index (κ3) is 2.45. The molecule has 0 amide bonds. The maximum absolute atomic E-state index is 10.8. The van der Waals surface area contributed by atoms with Crippen LogP contribution in [0.5, 0.6) is 0 Å².